The van der Waals surface area contributed by atoms with Crippen molar-refractivity contribution in [3.05, 3.63) is 0 Å². The average Bonchev–Trinajstić information content (AvgIpc) is 3.40. The Hall–Kier alpha value is -0.960. The van der Waals surface area contributed by atoms with E-state index < -0.39 is 159 Å². The topological polar surface area (TPSA) is 398 Å². The SMILES string of the molecule is CC(C)C1OC(O)C(C)C(O)C1O.CC(C)[C@H]1O[C@H](O)[C@H](C)[C@@H](O)[C@@H]1O.CCC1OC(O)C(C(C)C)C(O)C1O.CC[C@H]1OC(O)[C@H](C(C)C)[C@@H](O)[C@@H]1O.COC1OC(C(C)C)C(O)C(O)C1C.CO[C@H]1O[C@H](C(C)C)[C@@H](O)[C@H](O)[C@H]1C. The minimum absolute atomic E-state index is 0.0757. The lowest BCUT2D eigenvalue weighted by atomic mass is 9.82. The number of ether oxygens (including phenoxy) is 8. The Morgan fingerprint density at radius 3 is 0.720 bits per heavy atom. The minimum Gasteiger partial charge on any atom is -0.390 e. The molecular formula is C58H116O24. The quantitative estimate of drug-likeness (QED) is 0.141. The number of rotatable bonds is 10. The average molecular weight is 1200 g/mol. The van der Waals surface area contributed by atoms with Crippen LogP contribution in [0.4, 0.5) is 0 Å². The van der Waals surface area contributed by atoms with Gasteiger partial charge in [0.05, 0.1) is 73.2 Å². The third kappa shape index (κ3) is 21.1. The maximum absolute atomic E-state index is 9.79. The lowest BCUT2D eigenvalue weighted by Gasteiger charge is -2.42. The zero-order valence-electron chi connectivity index (χ0n) is 52.6. The number of hydrogen-bond donors (Lipinski definition) is 16. The van der Waals surface area contributed by atoms with Crippen molar-refractivity contribution < 1.29 is 120 Å². The molecule has 24 nitrogen and oxygen atoms in total. The summed E-state index contributed by atoms with van der Waals surface area (Å²) in [5, 5.41) is 154. The van der Waals surface area contributed by atoms with Crippen LogP contribution in [0.25, 0.3) is 0 Å². The van der Waals surface area contributed by atoms with Crippen LogP contribution in [0, 0.1) is 71.0 Å². The van der Waals surface area contributed by atoms with Crippen LogP contribution >= 0.6 is 0 Å². The van der Waals surface area contributed by atoms with Crippen molar-refractivity contribution in [1.29, 1.82) is 0 Å². The van der Waals surface area contributed by atoms with Gasteiger partial charge in [-0.05, 0) is 48.3 Å². The van der Waals surface area contributed by atoms with E-state index in [1.54, 1.807) is 41.9 Å². The zero-order valence-corrected chi connectivity index (χ0v) is 52.6. The van der Waals surface area contributed by atoms with Gasteiger partial charge >= 0.3 is 0 Å². The van der Waals surface area contributed by atoms with Gasteiger partial charge in [-0.2, -0.15) is 0 Å². The highest BCUT2D eigenvalue weighted by atomic mass is 16.7. The molecule has 492 valence electrons. The maximum Gasteiger partial charge on any atom is 0.162 e. The lowest BCUT2D eigenvalue weighted by molar-refractivity contribution is -0.277. The highest BCUT2D eigenvalue weighted by Gasteiger charge is 2.48. The molecule has 24 heteroatoms. The summed E-state index contributed by atoms with van der Waals surface area (Å²) < 4.78 is 42.2. The van der Waals surface area contributed by atoms with Crippen LogP contribution in [0.3, 0.4) is 0 Å². The van der Waals surface area contributed by atoms with Crippen LogP contribution in [0.2, 0.25) is 0 Å². The summed E-state index contributed by atoms with van der Waals surface area (Å²) in [5.74, 6) is -1.49. The molecule has 6 aliphatic heterocycles. The van der Waals surface area contributed by atoms with E-state index in [1.165, 1.54) is 0 Å². The molecule has 6 saturated heterocycles. The molecule has 6 fully saturated rings. The van der Waals surface area contributed by atoms with E-state index in [0.29, 0.717) is 12.8 Å². The van der Waals surface area contributed by atoms with Crippen molar-refractivity contribution in [1.82, 2.24) is 0 Å². The fraction of sp³-hybridized carbons (Fsp3) is 1.00. The van der Waals surface area contributed by atoms with Gasteiger partial charge < -0.3 is 120 Å². The van der Waals surface area contributed by atoms with Gasteiger partial charge in [0.25, 0.3) is 0 Å². The summed E-state index contributed by atoms with van der Waals surface area (Å²) in [6.07, 6.45) is -16.6. The lowest BCUT2D eigenvalue weighted by Crippen LogP contribution is -2.55. The van der Waals surface area contributed by atoms with Crippen LogP contribution in [-0.2, 0) is 37.9 Å². The normalized spacial score (nSPS) is 45.1. The first-order valence-corrected chi connectivity index (χ1v) is 29.7. The second kappa shape index (κ2) is 36.5. The molecule has 6 aliphatic rings. The van der Waals surface area contributed by atoms with Crippen LogP contribution < -0.4 is 0 Å². The Balaban J connectivity index is 0.000000492. The third-order valence-electron chi connectivity index (χ3n) is 16.8. The van der Waals surface area contributed by atoms with Gasteiger partial charge in [-0.25, -0.2) is 0 Å². The summed E-state index contributed by atoms with van der Waals surface area (Å²) in [6.45, 7) is 33.5. The molecular weight excluding hydrogens is 1080 g/mol. The zero-order chi connectivity index (χ0) is 63.9. The van der Waals surface area contributed by atoms with Crippen molar-refractivity contribution >= 4 is 0 Å². The molecule has 0 aromatic rings. The van der Waals surface area contributed by atoms with E-state index >= 15 is 0 Å². The van der Waals surface area contributed by atoms with Crippen molar-refractivity contribution in [3.8, 4) is 0 Å². The van der Waals surface area contributed by atoms with Crippen molar-refractivity contribution in [3.63, 3.8) is 0 Å². The monoisotopic (exact) mass is 1200 g/mol. The minimum atomic E-state index is -0.981. The Labute approximate surface area is 488 Å². The molecule has 0 radical (unpaired) electrons. The molecule has 16 unspecified atom stereocenters. The van der Waals surface area contributed by atoms with Gasteiger partial charge in [0.2, 0.25) is 0 Å². The predicted octanol–water partition coefficient (Wildman–Crippen LogP) is 0.393. The first kappa shape index (κ1) is 79.1. The second-order valence-corrected chi connectivity index (χ2v) is 25.3. The number of aliphatic hydroxyl groups is 16. The Bertz CT molecular complexity index is 1560. The van der Waals surface area contributed by atoms with Crippen molar-refractivity contribution in [2.24, 2.45) is 71.0 Å². The third-order valence-corrected chi connectivity index (χ3v) is 16.8. The van der Waals surface area contributed by atoms with Gasteiger partial charge in [0.15, 0.2) is 37.7 Å². The number of methoxy groups -OCH3 is 2. The maximum atomic E-state index is 9.79. The molecule has 82 heavy (non-hydrogen) atoms. The van der Waals surface area contributed by atoms with E-state index in [-0.39, 0.29) is 59.6 Å². The molecule has 0 aromatic carbocycles. The largest absolute Gasteiger partial charge is 0.390 e. The van der Waals surface area contributed by atoms with E-state index in [2.05, 4.69) is 0 Å². The van der Waals surface area contributed by atoms with Crippen molar-refractivity contribution in [2.45, 2.75) is 285 Å². The number of hydrogen-bond acceptors (Lipinski definition) is 24. The molecule has 0 spiro atoms. The van der Waals surface area contributed by atoms with Crippen molar-refractivity contribution in [2.75, 3.05) is 14.2 Å². The summed E-state index contributed by atoms with van der Waals surface area (Å²) in [6, 6.07) is 0. The van der Waals surface area contributed by atoms with Gasteiger partial charge in [-0.1, -0.05) is 125 Å². The van der Waals surface area contributed by atoms with Gasteiger partial charge in [-0.15, -0.1) is 0 Å². The van der Waals surface area contributed by atoms with Crippen LogP contribution in [-0.4, -0.2) is 244 Å². The molecule has 0 amide bonds. The first-order valence-electron chi connectivity index (χ1n) is 29.7. The Kier molecular flexibility index (Phi) is 35.2. The Morgan fingerprint density at radius 2 is 0.512 bits per heavy atom. The fourth-order valence-electron chi connectivity index (χ4n) is 10.9. The summed E-state index contributed by atoms with van der Waals surface area (Å²) >= 11 is 0. The van der Waals surface area contributed by atoms with Crippen LogP contribution in [0.15, 0.2) is 0 Å². The van der Waals surface area contributed by atoms with Gasteiger partial charge in [-0.3, -0.25) is 0 Å². The van der Waals surface area contributed by atoms with Gasteiger partial charge in [0, 0.05) is 49.7 Å². The molecule has 16 N–H and O–H groups in total. The molecule has 6 rings (SSSR count). The van der Waals surface area contributed by atoms with E-state index in [0.717, 1.165) is 0 Å². The summed E-state index contributed by atoms with van der Waals surface area (Å²) in [4.78, 5) is 0. The van der Waals surface area contributed by atoms with Gasteiger partial charge in [0.1, 0.15) is 36.6 Å². The fourth-order valence-corrected chi connectivity index (χ4v) is 10.9. The summed E-state index contributed by atoms with van der Waals surface area (Å²) in [5.41, 5.74) is 0. The standard InChI is InChI=1S/4C10H20O4.2C9H18O4/c2*1-5(2)9-8(12)7(11)6(3)10(13-4)14-9;2*1-4-6-8(11)9(12)7(5(2)3)10(13)14-6;2*1-4(2)8-7(11)6(10)5(3)9(12)13-8/h2*5-12H,1-4H3;2*5-13H,4H2,1-3H3;2*4-12H,1-3H3/t6-,7-,8+,9-,10+;;6-,7-,8-,9-,10?;;5-,6-,7+,8-,9+;/m1.1.1./s1. The second-order valence-electron chi connectivity index (χ2n) is 25.3. The molecule has 0 saturated carbocycles. The summed E-state index contributed by atoms with van der Waals surface area (Å²) in [7, 11) is 3.09. The Morgan fingerprint density at radius 1 is 0.280 bits per heavy atom. The highest BCUT2D eigenvalue weighted by Crippen LogP contribution is 2.35. The molecule has 30 atom stereocenters. The van der Waals surface area contributed by atoms with E-state index in [4.69, 9.17) is 37.9 Å². The highest BCUT2D eigenvalue weighted by molar-refractivity contribution is 4.93. The van der Waals surface area contributed by atoms with Crippen LogP contribution in [0.5, 0.6) is 0 Å². The molecule has 0 bridgehead atoms. The van der Waals surface area contributed by atoms with Crippen LogP contribution in [0.1, 0.15) is 137 Å². The smallest absolute Gasteiger partial charge is 0.162 e. The van der Waals surface area contributed by atoms with E-state index in [1.807, 2.05) is 96.9 Å². The van der Waals surface area contributed by atoms with E-state index in [9.17, 15) is 81.7 Å². The molecule has 0 aromatic heterocycles. The molecule has 0 aliphatic carbocycles. The predicted molar refractivity (Wildman–Crippen MR) is 300 cm³/mol. The first-order chi connectivity index (χ1) is 37.8. The number of aliphatic hydroxyl groups excluding tert-OH is 16. The molecule has 6 heterocycles.